The van der Waals surface area contributed by atoms with Gasteiger partial charge in [-0.3, -0.25) is 4.98 Å². The van der Waals surface area contributed by atoms with Crippen molar-refractivity contribution in [1.29, 1.82) is 0 Å². The van der Waals surface area contributed by atoms with Gasteiger partial charge in [0.25, 0.3) is 0 Å². The molecule has 1 aromatic heterocycles. The molecular weight excluding hydrogens is 262 g/mol. The van der Waals surface area contributed by atoms with Crippen LogP contribution in [-0.2, 0) is 9.53 Å². The van der Waals surface area contributed by atoms with Gasteiger partial charge in [-0.25, -0.2) is 4.79 Å². The van der Waals surface area contributed by atoms with Gasteiger partial charge in [-0.1, -0.05) is 42.3 Å². The highest BCUT2D eigenvalue weighted by Gasteiger charge is 2.17. The zero-order chi connectivity index (χ0) is 15.1. The van der Waals surface area contributed by atoms with Gasteiger partial charge in [-0.05, 0) is 18.6 Å². The van der Waals surface area contributed by atoms with Crippen LogP contribution in [0.3, 0.4) is 0 Å². The van der Waals surface area contributed by atoms with E-state index in [2.05, 4.69) is 10.9 Å². The fraction of sp³-hybridized carbons (Fsp3) is 0.111. The maximum absolute atomic E-state index is 12.1. The van der Waals surface area contributed by atoms with E-state index in [4.69, 9.17) is 11.2 Å². The number of benzene rings is 1. The summed E-state index contributed by atoms with van der Waals surface area (Å²) in [6.45, 7) is 2.03. The Balaban J connectivity index is 2.66. The van der Waals surface area contributed by atoms with E-state index in [0.29, 0.717) is 5.57 Å². The number of hydrogen-bond acceptors (Lipinski definition) is 3. The highest BCUT2D eigenvalue weighted by Crippen LogP contribution is 2.26. The summed E-state index contributed by atoms with van der Waals surface area (Å²) in [5.74, 6) is 1.96. The van der Waals surface area contributed by atoms with Crippen molar-refractivity contribution >= 4 is 11.5 Å². The van der Waals surface area contributed by atoms with Crippen molar-refractivity contribution in [3.63, 3.8) is 0 Å². The zero-order valence-corrected chi connectivity index (χ0v) is 11.7. The molecule has 0 fully saturated rings. The molecule has 0 N–H and O–H groups in total. The van der Waals surface area contributed by atoms with Gasteiger partial charge in [0.05, 0.1) is 6.61 Å². The summed E-state index contributed by atoms with van der Waals surface area (Å²) in [7, 11) is 0. The van der Waals surface area contributed by atoms with E-state index in [1.165, 1.54) is 0 Å². The molecule has 3 nitrogen and oxygen atoms in total. The maximum atomic E-state index is 12.1. The molecule has 0 unspecified atom stereocenters. The van der Waals surface area contributed by atoms with Crippen molar-refractivity contribution in [2.45, 2.75) is 6.92 Å². The zero-order valence-electron chi connectivity index (χ0n) is 11.7. The molecule has 2 aromatic rings. The Morgan fingerprint density at radius 3 is 2.48 bits per heavy atom. The van der Waals surface area contributed by atoms with Crippen LogP contribution in [0.1, 0.15) is 18.1 Å². The van der Waals surface area contributed by atoms with E-state index < -0.39 is 5.97 Å². The van der Waals surface area contributed by atoms with Gasteiger partial charge in [0.1, 0.15) is 5.57 Å². The van der Waals surface area contributed by atoms with Gasteiger partial charge in [0.2, 0.25) is 0 Å². The first-order chi connectivity index (χ1) is 10.3. The predicted molar refractivity (Wildman–Crippen MR) is 82.2 cm³/mol. The number of nitrogens with zero attached hydrogens (tertiary/aromatic N) is 1. The lowest BCUT2D eigenvalue weighted by Gasteiger charge is -2.11. The molecular formula is C18H15NO2. The molecule has 0 atom stereocenters. The second kappa shape index (κ2) is 7.06. The lowest BCUT2D eigenvalue weighted by molar-refractivity contribution is -0.137. The van der Waals surface area contributed by atoms with Crippen LogP contribution in [0.4, 0.5) is 0 Å². The highest BCUT2D eigenvalue weighted by atomic mass is 16.5. The number of carbonyl (C=O) groups is 1. The van der Waals surface area contributed by atoms with Crippen molar-refractivity contribution in [2.24, 2.45) is 0 Å². The van der Waals surface area contributed by atoms with Crippen molar-refractivity contribution < 1.29 is 9.53 Å². The minimum atomic E-state index is -0.497. The van der Waals surface area contributed by atoms with Crippen LogP contribution >= 0.6 is 0 Å². The van der Waals surface area contributed by atoms with E-state index in [9.17, 15) is 4.79 Å². The summed E-state index contributed by atoms with van der Waals surface area (Å²) in [4.78, 5) is 16.2. The summed E-state index contributed by atoms with van der Waals surface area (Å²) in [6.07, 6.45) is 8.90. The van der Waals surface area contributed by atoms with Crippen molar-refractivity contribution in [3.05, 3.63) is 71.6 Å². The van der Waals surface area contributed by atoms with Gasteiger partial charge in [-0.15, -0.1) is 6.42 Å². The lowest BCUT2D eigenvalue weighted by atomic mass is 9.94. The van der Waals surface area contributed by atoms with Crippen LogP contribution in [0.2, 0.25) is 0 Å². The fourth-order valence-corrected chi connectivity index (χ4v) is 2.01. The molecule has 0 bridgehead atoms. The Labute approximate surface area is 124 Å². The Morgan fingerprint density at radius 1 is 1.19 bits per heavy atom. The minimum absolute atomic E-state index is 0.205. The van der Waals surface area contributed by atoms with E-state index in [-0.39, 0.29) is 12.2 Å². The van der Waals surface area contributed by atoms with Crippen LogP contribution in [-0.4, -0.2) is 17.6 Å². The topological polar surface area (TPSA) is 39.2 Å². The summed E-state index contributed by atoms with van der Waals surface area (Å²) in [6, 6.07) is 13.2. The van der Waals surface area contributed by atoms with E-state index in [1.807, 2.05) is 36.4 Å². The van der Waals surface area contributed by atoms with Crippen LogP contribution in [0, 0.1) is 12.3 Å². The summed E-state index contributed by atoms with van der Waals surface area (Å²) in [5.41, 5.74) is 2.50. The SMILES string of the molecule is C#CC(C(=O)OCC)=C(c1ccccc1)c1cccnc1. The molecule has 3 heteroatoms. The third kappa shape index (κ3) is 3.37. The monoisotopic (exact) mass is 277 g/mol. The molecule has 0 saturated heterocycles. The van der Waals surface area contributed by atoms with Gasteiger partial charge in [0, 0.05) is 23.5 Å². The number of ether oxygens (including phenoxy) is 1. The first-order valence-corrected chi connectivity index (χ1v) is 6.61. The quantitative estimate of drug-likeness (QED) is 0.490. The minimum Gasteiger partial charge on any atom is -0.462 e. The molecule has 21 heavy (non-hydrogen) atoms. The summed E-state index contributed by atoms with van der Waals surface area (Å²) < 4.78 is 5.06. The van der Waals surface area contributed by atoms with Crippen LogP contribution in [0.5, 0.6) is 0 Å². The molecule has 0 aliphatic heterocycles. The fourth-order valence-electron chi connectivity index (χ4n) is 2.01. The summed E-state index contributed by atoms with van der Waals surface area (Å²) >= 11 is 0. The molecule has 1 aromatic carbocycles. The normalized spacial score (nSPS) is 11.2. The number of terminal acetylenes is 1. The molecule has 2 rings (SSSR count). The first-order valence-electron chi connectivity index (χ1n) is 6.61. The Bertz CT molecular complexity index is 641. The number of pyridine rings is 1. The molecule has 0 spiro atoms. The van der Waals surface area contributed by atoms with E-state index in [0.717, 1.165) is 11.1 Å². The molecule has 0 aliphatic rings. The van der Waals surface area contributed by atoms with E-state index in [1.54, 1.807) is 25.4 Å². The molecule has 1 heterocycles. The molecule has 0 aliphatic carbocycles. The van der Waals surface area contributed by atoms with Gasteiger partial charge >= 0.3 is 5.97 Å². The smallest absolute Gasteiger partial charge is 0.347 e. The highest BCUT2D eigenvalue weighted by molar-refractivity contribution is 6.05. The standard InChI is InChI=1S/C18H15NO2/c1-3-16(18(20)21-4-2)17(14-9-6-5-7-10-14)15-11-8-12-19-13-15/h1,5-13H,4H2,2H3. The number of esters is 1. The Morgan fingerprint density at radius 2 is 1.90 bits per heavy atom. The lowest BCUT2D eigenvalue weighted by Crippen LogP contribution is -2.09. The number of rotatable bonds is 4. The van der Waals surface area contributed by atoms with E-state index >= 15 is 0 Å². The average molecular weight is 277 g/mol. The maximum Gasteiger partial charge on any atom is 0.347 e. The number of aromatic nitrogens is 1. The van der Waals surface area contributed by atoms with Gasteiger partial charge < -0.3 is 4.74 Å². The average Bonchev–Trinajstić information content (AvgIpc) is 2.54. The summed E-state index contributed by atoms with van der Waals surface area (Å²) in [5, 5.41) is 0. The number of hydrogen-bond donors (Lipinski definition) is 0. The van der Waals surface area contributed by atoms with Gasteiger partial charge in [0.15, 0.2) is 0 Å². The Hall–Kier alpha value is -2.86. The second-order valence-electron chi connectivity index (χ2n) is 4.22. The Kier molecular flexibility index (Phi) is 4.89. The largest absolute Gasteiger partial charge is 0.462 e. The number of carbonyl (C=O) groups excluding carboxylic acids is 1. The third-order valence-electron chi connectivity index (χ3n) is 2.89. The van der Waals surface area contributed by atoms with Crippen LogP contribution in [0.15, 0.2) is 60.4 Å². The van der Waals surface area contributed by atoms with Gasteiger partial charge in [-0.2, -0.15) is 0 Å². The molecule has 0 radical (unpaired) electrons. The second-order valence-corrected chi connectivity index (χ2v) is 4.22. The molecule has 0 saturated carbocycles. The third-order valence-corrected chi connectivity index (χ3v) is 2.89. The van der Waals surface area contributed by atoms with Crippen LogP contribution < -0.4 is 0 Å². The van der Waals surface area contributed by atoms with Crippen molar-refractivity contribution in [2.75, 3.05) is 6.61 Å². The first kappa shape index (κ1) is 14.5. The van der Waals surface area contributed by atoms with Crippen molar-refractivity contribution in [3.8, 4) is 12.3 Å². The predicted octanol–water partition coefficient (Wildman–Crippen LogP) is 3.08. The molecule has 104 valence electrons. The molecule has 0 amide bonds. The van der Waals surface area contributed by atoms with Crippen LogP contribution in [0.25, 0.3) is 5.57 Å². The van der Waals surface area contributed by atoms with Crippen molar-refractivity contribution in [1.82, 2.24) is 4.98 Å².